The molecule has 6 N–H and O–H groups in total. The van der Waals surface area contributed by atoms with Gasteiger partial charge >= 0.3 is 0 Å². The lowest BCUT2D eigenvalue weighted by Gasteiger charge is -2.23. The molecule has 1 saturated heterocycles. The molecule has 1 atom stereocenters. The first-order valence-corrected chi connectivity index (χ1v) is 7.79. The van der Waals surface area contributed by atoms with Crippen molar-refractivity contribution in [3.63, 3.8) is 0 Å². The zero-order valence-corrected chi connectivity index (χ0v) is 11.9. The second kappa shape index (κ2) is 5.70. The number of anilines is 1. The lowest BCUT2D eigenvalue weighted by molar-refractivity contribution is -0.124. The average Bonchev–Trinajstić information content (AvgIpc) is 2.40. The predicted molar refractivity (Wildman–Crippen MR) is 75.7 cm³/mol. The maximum absolute atomic E-state index is 12.3. The van der Waals surface area contributed by atoms with Crippen LogP contribution in [0.2, 0.25) is 0 Å². The van der Waals surface area contributed by atoms with Crippen LogP contribution >= 0.6 is 0 Å². The van der Waals surface area contributed by atoms with Gasteiger partial charge in [0.25, 0.3) is 0 Å². The van der Waals surface area contributed by atoms with Crippen molar-refractivity contribution in [1.82, 2.24) is 10.0 Å². The normalized spacial score (nSPS) is 19.0. The highest BCUT2D eigenvalue weighted by atomic mass is 32.2. The maximum Gasteiger partial charge on any atom is 0.248 e. The summed E-state index contributed by atoms with van der Waals surface area (Å²) in [5.74, 6) is -1.07. The number of benzene rings is 1. The largest absolute Gasteiger partial charge is 0.398 e. The van der Waals surface area contributed by atoms with Crippen LogP contribution in [0.25, 0.3) is 0 Å². The summed E-state index contributed by atoms with van der Waals surface area (Å²) in [4.78, 5) is 22.4. The number of carbonyl (C=O) groups is 2. The Kier molecular flexibility index (Phi) is 4.14. The molecule has 1 fully saturated rings. The number of nitrogens with two attached hydrogens (primary N) is 2. The molecule has 21 heavy (non-hydrogen) atoms. The first-order chi connectivity index (χ1) is 9.81. The number of piperidine rings is 1. The number of hydrogen-bond donors (Lipinski definition) is 4. The van der Waals surface area contributed by atoms with Gasteiger partial charge in [0, 0.05) is 12.1 Å². The maximum atomic E-state index is 12.3. The number of hydrogen-bond acceptors (Lipinski definition) is 5. The number of nitrogens with one attached hydrogen (secondary N) is 2. The van der Waals surface area contributed by atoms with Gasteiger partial charge in [-0.3, -0.25) is 9.59 Å². The van der Waals surface area contributed by atoms with Crippen LogP contribution in [-0.2, 0) is 14.8 Å². The van der Waals surface area contributed by atoms with Crippen molar-refractivity contribution in [2.45, 2.75) is 23.8 Å². The van der Waals surface area contributed by atoms with Gasteiger partial charge in [-0.2, -0.15) is 4.72 Å². The zero-order valence-electron chi connectivity index (χ0n) is 11.1. The van der Waals surface area contributed by atoms with E-state index >= 15 is 0 Å². The Hall–Kier alpha value is -2.13. The topological polar surface area (TPSA) is 144 Å². The number of primary amides is 1. The van der Waals surface area contributed by atoms with Crippen molar-refractivity contribution in [3.8, 4) is 0 Å². The molecule has 1 aromatic carbocycles. The second-order valence-corrected chi connectivity index (χ2v) is 6.41. The molecule has 1 aromatic rings. The highest BCUT2D eigenvalue weighted by Crippen LogP contribution is 2.20. The van der Waals surface area contributed by atoms with Gasteiger partial charge in [-0.1, -0.05) is 0 Å². The molecule has 0 bridgehead atoms. The molecule has 0 aliphatic carbocycles. The van der Waals surface area contributed by atoms with Gasteiger partial charge in [-0.15, -0.1) is 0 Å². The third-order valence-corrected chi connectivity index (χ3v) is 4.71. The van der Waals surface area contributed by atoms with Gasteiger partial charge in [0.05, 0.1) is 5.69 Å². The van der Waals surface area contributed by atoms with E-state index in [2.05, 4.69) is 10.0 Å². The summed E-state index contributed by atoms with van der Waals surface area (Å²) in [6.07, 6.45) is 1.11. The van der Waals surface area contributed by atoms with Gasteiger partial charge in [0.2, 0.25) is 21.8 Å². The molecular formula is C12H16N4O4S. The van der Waals surface area contributed by atoms with E-state index in [0.29, 0.717) is 19.4 Å². The molecule has 0 radical (unpaired) electrons. The summed E-state index contributed by atoms with van der Waals surface area (Å²) < 4.78 is 26.8. The van der Waals surface area contributed by atoms with E-state index in [1.54, 1.807) is 0 Å². The van der Waals surface area contributed by atoms with Crippen LogP contribution in [0.3, 0.4) is 0 Å². The molecule has 1 unspecified atom stereocenters. The van der Waals surface area contributed by atoms with E-state index < -0.39 is 22.0 Å². The van der Waals surface area contributed by atoms with Gasteiger partial charge in [-0.25, -0.2) is 8.42 Å². The molecule has 2 amide bonds. The summed E-state index contributed by atoms with van der Waals surface area (Å²) in [5.41, 5.74) is 10.8. The minimum atomic E-state index is -3.95. The Balaban J connectivity index is 2.27. The van der Waals surface area contributed by atoms with Gasteiger partial charge < -0.3 is 16.8 Å². The van der Waals surface area contributed by atoms with Crippen LogP contribution in [0.15, 0.2) is 23.1 Å². The fourth-order valence-electron chi connectivity index (χ4n) is 2.08. The Bertz CT molecular complexity index is 686. The van der Waals surface area contributed by atoms with E-state index in [1.807, 2.05) is 0 Å². The van der Waals surface area contributed by atoms with Gasteiger partial charge in [0.15, 0.2) is 0 Å². The SMILES string of the molecule is NC(=O)c1ccc(S(=O)(=O)NC2CCCNC2=O)c(N)c1. The van der Waals surface area contributed by atoms with E-state index in [4.69, 9.17) is 11.5 Å². The second-order valence-electron chi connectivity index (χ2n) is 4.72. The highest BCUT2D eigenvalue weighted by molar-refractivity contribution is 7.89. The van der Waals surface area contributed by atoms with Crippen molar-refractivity contribution < 1.29 is 18.0 Å². The molecule has 0 spiro atoms. The summed E-state index contributed by atoms with van der Waals surface area (Å²) >= 11 is 0. The molecule has 1 aliphatic heterocycles. The number of rotatable bonds is 4. The van der Waals surface area contributed by atoms with Crippen molar-refractivity contribution in [2.75, 3.05) is 12.3 Å². The Morgan fingerprint density at radius 1 is 1.38 bits per heavy atom. The van der Waals surface area contributed by atoms with Crippen LogP contribution in [0.1, 0.15) is 23.2 Å². The summed E-state index contributed by atoms with van der Waals surface area (Å²) in [6.45, 7) is 0.534. The summed E-state index contributed by atoms with van der Waals surface area (Å²) in [6, 6.07) is 2.84. The average molecular weight is 312 g/mol. The summed E-state index contributed by atoms with van der Waals surface area (Å²) in [7, 11) is -3.95. The van der Waals surface area contributed by atoms with Gasteiger partial charge in [-0.05, 0) is 31.0 Å². The van der Waals surface area contributed by atoms with Crippen LogP contribution < -0.4 is 21.5 Å². The molecule has 8 nitrogen and oxygen atoms in total. The first-order valence-electron chi connectivity index (χ1n) is 6.30. The van der Waals surface area contributed by atoms with Crippen LogP contribution in [-0.4, -0.2) is 32.8 Å². The molecule has 0 aromatic heterocycles. The number of carbonyl (C=O) groups excluding carboxylic acids is 2. The first kappa shape index (κ1) is 15.3. The minimum Gasteiger partial charge on any atom is -0.398 e. The van der Waals surface area contributed by atoms with Crippen molar-refractivity contribution in [1.29, 1.82) is 0 Å². The third kappa shape index (κ3) is 3.31. The highest BCUT2D eigenvalue weighted by Gasteiger charge is 2.28. The lowest BCUT2D eigenvalue weighted by Crippen LogP contribution is -2.50. The van der Waals surface area contributed by atoms with Crippen LogP contribution in [0.5, 0.6) is 0 Å². The molecule has 0 saturated carbocycles. The van der Waals surface area contributed by atoms with Crippen molar-refractivity contribution in [3.05, 3.63) is 23.8 Å². The zero-order chi connectivity index (χ0) is 15.6. The van der Waals surface area contributed by atoms with Crippen molar-refractivity contribution in [2.24, 2.45) is 5.73 Å². The fourth-order valence-corrected chi connectivity index (χ4v) is 3.42. The monoisotopic (exact) mass is 312 g/mol. The predicted octanol–water partition coefficient (Wildman–Crippen LogP) is -1.08. The molecule has 114 valence electrons. The van der Waals surface area contributed by atoms with Crippen molar-refractivity contribution >= 4 is 27.5 Å². The lowest BCUT2D eigenvalue weighted by atomic mass is 10.1. The summed E-state index contributed by atoms with van der Waals surface area (Å²) in [5, 5.41) is 2.59. The Morgan fingerprint density at radius 2 is 2.10 bits per heavy atom. The molecule has 1 heterocycles. The fraction of sp³-hybridized carbons (Fsp3) is 0.333. The number of amides is 2. The van der Waals surface area contributed by atoms with E-state index in [1.165, 1.54) is 18.2 Å². The Morgan fingerprint density at radius 3 is 2.67 bits per heavy atom. The third-order valence-electron chi connectivity index (χ3n) is 3.17. The molecule has 2 rings (SSSR count). The minimum absolute atomic E-state index is 0.102. The Labute approximate surface area is 121 Å². The van der Waals surface area contributed by atoms with Gasteiger partial charge in [0.1, 0.15) is 10.9 Å². The smallest absolute Gasteiger partial charge is 0.248 e. The molecule has 9 heteroatoms. The standard InChI is InChI=1S/C12H16N4O4S/c13-8-6-7(11(14)17)3-4-10(8)21(19,20)16-9-2-1-5-15-12(9)18/h3-4,6,9,16H,1-2,5,13H2,(H2,14,17)(H,15,18). The van der Waals surface area contributed by atoms with Crippen LogP contribution in [0, 0.1) is 0 Å². The van der Waals surface area contributed by atoms with E-state index in [-0.39, 0.29) is 22.1 Å². The van der Waals surface area contributed by atoms with Crippen LogP contribution in [0.4, 0.5) is 5.69 Å². The quantitative estimate of drug-likeness (QED) is 0.523. The molecule has 1 aliphatic rings. The van der Waals surface area contributed by atoms with E-state index in [0.717, 1.165) is 0 Å². The number of nitrogen functional groups attached to an aromatic ring is 1. The number of sulfonamides is 1. The van der Waals surface area contributed by atoms with E-state index in [9.17, 15) is 18.0 Å². The molecular weight excluding hydrogens is 296 g/mol.